The van der Waals surface area contributed by atoms with E-state index in [9.17, 15) is 19.1 Å². The van der Waals surface area contributed by atoms with Crippen LogP contribution in [0.5, 0.6) is 5.75 Å². The van der Waals surface area contributed by atoms with E-state index in [1.54, 1.807) is 17.0 Å². The Morgan fingerprint density at radius 3 is 2.48 bits per heavy atom. The van der Waals surface area contributed by atoms with Gasteiger partial charge in [-0.3, -0.25) is 4.79 Å². The van der Waals surface area contributed by atoms with Crippen molar-refractivity contribution in [2.45, 2.75) is 64.5 Å². The lowest BCUT2D eigenvalue weighted by atomic mass is 9.89. The summed E-state index contributed by atoms with van der Waals surface area (Å²) in [6, 6.07) is 10.0. The molecule has 9 heteroatoms. The van der Waals surface area contributed by atoms with Crippen molar-refractivity contribution in [1.29, 1.82) is 0 Å². The molecule has 3 atom stereocenters. The minimum atomic E-state index is -0.478. The molecule has 2 aliphatic rings. The number of amides is 3. The van der Waals surface area contributed by atoms with Gasteiger partial charge in [0.2, 0.25) is 5.91 Å². The van der Waals surface area contributed by atoms with E-state index in [0.717, 1.165) is 13.1 Å². The van der Waals surface area contributed by atoms with Gasteiger partial charge < -0.3 is 30.3 Å². The Kier molecular flexibility index (Phi) is 10.4. The van der Waals surface area contributed by atoms with E-state index in [1.807, 2.05) is 13.0 Å². The lowest BCUT2D eigenvalue weighted by molar-refractivity contribution is -0.134. The quantitative estimate of drug-likeness (QED) is 0.421. The maximum Gasteiger partial charge on any atom is 0.323 e. The zero-order valence-electron chi connectivity index (χ0n) is 23.9. The van der Waals surface area contributed by atoms with Gasteiger partial charge in [0, 0.05) is 42.5 Å². The zero-order chi connectivity index (χ0) is 28.6. The summed E-state index contributed by atoms with van der Waals surface area (Å²) in [4.78, 5) is 30.1. The maximum absolute atomic E-state index is 13.4. The smallest absolute Gasteiger partial charge is 0.323 e. The van der Waals surface area contributed by atoms with Crippen LogP contribution < -0.4 is 15.4 Å². The maximum atomic E-state index is 13.4. The van der Waals surface area contributed by atoms with Crippen LogP contribution in [-0.2, 0) is 11.2 Å². The first-order valence-corrected chi connectivity index (χ1v) is 14.4. The van der Waals surface area contributed by atoms with Crippen molar-refractivity contribution in [3.8, 4) is 5.75 Å². The van der Waals surface area contributed by atoms with Crippen LogP contribution in [0.15, 0.2) is 42.5 Å². The summed E-state index contributed by atoms with van der Waals surface area (Å²) >= 11 is 0. The lowest BCUT2D eigenvalue weighted by Gasteiger charge is -2.35. The first kappa shape index (κ1) is 29.8. The molecule has 0 aromatic heterocycles. The summed E-state index contributed by atoms with van der Waals surface area (Å²) in [5.41, 5.74) is 1.64. The molecule has 4 rings (SSSR count). The number of halogens is 1. The van der Waals surface area contributed by atoms with Gasteiger partial charge in [0.25, 0.3) is 0 Å². The normalized spacial score (nSPS) is 21.1. The van der Waals surface area contributed by atoms with E-state index in [2.05, 4.69) is 29.5 Å². The van der Waals surface area contributed by atoms with Gasteiger partial charge >= 0.3 is 6.03 Å². The Morgan fingerprint density at radius 1 is 1.10 bits per heavy atom. The van der Waals surface area contributed by atoms with E-state index < -0.39 is 6.03 Å². The molecule has 0 bridgehead atoms. The highest BCUT2D eigenvalue weighted by Gasteiger charge is 2.31. The van der Waals surface area contributed by atoms with E-state index in [0.29, 0.717) is 35.2 Å². The minimum absolute atomic E-state index is 0.0389. The molecule has 40 heavy (non-hydrogen) atoms. The summed E-state index contributed by atoms with van der Waals surface area (Å²) in [6.07, 6.45) is 6.41. The van der Waals surface area contributed by atoms with E-state index in [-0.39, 0.29) is 42.8 Å². The second-order valence-electron chi connectivity index (χ2n) is 11.5. The van der Waals surface area contributed by atoms with Crippen molar-refractivity contribution in [3.05, 3.63) is 53.8 Å². The van der Waals surface area contributed by atoms with E-state index in [4.69, 9.17) is 4.74 Å². The summed E-state index contributed by atoms with van der Waals surface area (Å²) in [6.45, 7) is 6.08. The van der Waals surface area contributed by atoms with Crippen LogP contribution in [0.1, 0.15) is 51.5 Å². The number of ether oxygens (including phenoxy) is 1. The highest BCUT2D eigenvalue weighted by Crippen LogP contribution is 2.30. The molecular weight excluding hydrogens is 511 g/mol. The lowest BCUT2D eigenvalue weighted by Crippen LogP contribution is -2.48. The minimum Gasteiger partial charge on any atom is -0.488 e. The number of hydrogen-bond donors (Lipinski definition) is 3. The predicted molar refractivity (Wildman–Crippen MR) is 155 cm³/mol. The number of fused-ring (bicyclic) bond motifs is 1. The van der Waals surface area contributed by atoms with Gasteiger partial charge in [-0.1, -0.05) is 26.2 Å². The van der Waals surface area contributed by atoms with E-state index >= 15 is 0 Å². The van der Waals surface area contributed by atoms with Crippen molar-refractivity contribution in [3.63, 3.8) is 0 Å². The van der Waals surface area contributed by atoms with Gasteiger partial charge in [-0.25, -0.2) is 9.18 Å². The molecule has 1 heterocycles. The summed E-state index contributed by atoms with van der Waals surface area (Å²) in [5, 5.41) is 15.4. The van der Waals surface area contributed by atoms with Crippen LogP contribution in [-0.4, -0.2) is 72.3 Å². The molecule has 1 aliphatic heterocycles. The number of aliphatic hydroxyl groups is 1. The van der Waals surface area contributed by atoms with Gasteiger partial charge in [-0.2, -0.15) is 0 Å². The average Bonchev–Trinajstić information content (AvgIpc) is 2.97. The molecule has 3 N–H and O–H groups in total. The number of hydrogen-bond acceptors (Lipinski definition) is 5. The highest BCUT2D eigenvalue weighted by atomic mass is 19.1. The number of aliphatic hydroxyl groups excluding tert-OH is 1. The number of benzene rings is 2. The van der Waals surface area contributed by atoms with E-state index in [1.165, 1.54) is 56.4 Å². The average molecular weight is 555 g/mol. The number of carbonyl (C=O) groups is 2. The first-order valence-electron chi connectivity index (χ1n) is 14.4. The number of rotatable bonds is 8. The Hall–Kier alpha value is -3.17. The second-order valence-corrected chi connectivity index (χ2v) is 11.5. The van der Waals surface area contributed by atoms with Gasteiger partial charge in [-0.05, 0) is 75.2 Å². The number of urea groups is 1. The number of carbonyl (C=O) groups excluding carboxylic acids is 2. The summed E-state index contributed by atoms with van der Waals surface area (Å²) < 4.78 is 19.8. The first-order chi connectivity index (χ1) is 19.2. The summed E-state index contributed by atoms with van der Waals surface area (Å²) in [7, 11) is 2.14. The Balaban J connectivity index is 1.53. The number of anilines is 2. The van der Waals surface area contributed by atoms with Crippen LogP contribution in [0, 0.1) is 17.7 Å². The predicted octanol–water partition coefficient (Wildman–Crippen LogP) is 5.13. The third-order valence-electron chi connectivity index (χ3n) is 8.06. The summed E-state index contributed by atoms with van der Waals surface area (Å²) in [5.74, 6) is 0.893. The Morgan fingerprint density at radius 2 is 1.77 bits per heavy atom. The SMILES string of the molecule is C[C@@H]1CN([C@@H](C)CO)C(=O)Cc2cc(NC(=O)Nc3ccc(F)cc3)ccc2O[C@@H]1CN(C)CC1CCCCC1. The van der Waals surface area contributed by atoms with Gasteiger partial charge in [0.15, 0.2) is 0 Å². The van der Waals surface area contributed by atoms with Gasteiger partial charge in [0.1, 0.15) is 17.7 Å². The molecule has 0 radical (unpaired) electrons. The van der Waals surface area contributed by atoms with Crippen LogP contribution in [0.4, 0.5) is 20.6 Å². The fourth-order valence-corrected chi connectivity index (χ4v) is 5.74. The standard InChI is InChI=1S/C31H43FN4O4/c1-21-17-36(22(2)20-37)30(38)16-24-15-27(34-31(39)33-26-11-9-25(32)10-12-26)13-14-28(24)40-29(21)19-35(3)18-23-7-5-4-6-8-23/h9-15,21-23,29,37H,4-8,16-20H2,1-3H3,(H2,33,34,39)/t21-,22+,29-/m1/s1. The molecule has 0 saturated heterocycles. The zero-order valence-corrected chi connectivity index (χ0v) is 23.9. The molecule has 218 valence electrons. The van der Waals surface area contributed by atoms with Crippen LogP contribution in [0.3, 0.4) is 0 Å². The molecule has 0 unspecified atom stereocenters. The molecule has 2 aromatic carbocycles. The van der Waals surface area contributed by atoms with Crippen molar-refractivity contribution in [1.82, 2.24) is 9.80 Å². The molecule has 2 aromatic rings. The number of likely N-dealkylation sites (N-methyl/N-ethyl adjacent to an activating group) is 1. The third-order valence-corrected chi connectivity index (χ3v) is 8.06. The van der Waals surface area contributed by atoms with Crippen LogP contribution in [0.25, 0.3) is 0 Å². The van der Waals surface area contributed by atoms with Gasteiger partial charge in [0.05, 0.1) is 19.1 Å². The highest BCUT2D eigenvalue weighted by molar-refractivity contribution is 5.99. The monoisotopic (exact) mass is 554 g/mol. The topological polar surface area (TPSA) is 94.1 Å². The third kappa shape index (κ3) is 8.17. The van der Waals surface area contributed by atoms with Gasteiger partial charge in [-0.15, -0.1) is 0 Å². The van der Waals surface area contributed by atoms with Crippen molar-refractivity contribution in [2.75, 3.05) is 43.9 Å². The van der Waals surface area contributed by atoms with Crippen molar-refractivity contribution >= 4 is 23.3 Å². The molecule has 1 saturated carbocycles. The Bertz CT molecular complexity index is 1140. The molecule has 1 fully saturated rings. The molecular formula is C31H43FN4O4. The molecule has 3 amide bonds. The fourth-order valence-electron chi connectivity index (χ4n) is 5.74. The van der Waals surface area contributed by atoms with Crippen molar-refractivity contribution < 1.29 is 23.8 Å². The number of nitrogens with zero attached hydrogens (tertiary/aromatic N) is 2. The van der Waals surface area contributed by atoms with Crippen LogP contribution >= 0.6 is 0 Å². The molecule has 1 aliphatic carbocycles. The van der Waals surface area contributed by atoms with Crippen LogP contribution in [0.2, 0.25) is 0 Å². The largest absolute Gasteiger partial charge is 0.488 e. The molecule has 0 spiro atoms. The number of nitrogens with one attached hydrogen (secondary N) is 2. The Labute approximate surface area is 236 Å². The molecule has 8 nitrogen and oxygen atoms in total. The fraction of sp³-hybridized carbons (Fsp3) is 0.548. The van der Waals surface area contributed by atoms with Crippen molar-refractivity contribution in [2.24, 2.45) is 11.8 Å². The second kappa shape index (κ2) is 13.9.